The highest BCUT2D eigenvalue weighted by Crippen LogP contribution is 2.24. The van der Waals surface area contributed by atoms with Gasteiger partial charge in [-0.15, -0.1) is 0 Å². The molecule has 88 valence electrons. The van der Waals surface area contributed by atoms with E-state index < -0.39 is 12.0 Å². The van der Waals surface area contributed by atoms with Crippen LogP contribution in [0.15, 0.2) is 0 Å². The molecule has 0 unspecified atom stereocenters. The number of carbonyl (C=O) groups excluding carboxylic acids is 1. The van der Waals surface area contributed by atoms with Gasteiger partial charge in [0, 0.05) is 18.6 Å². The van der Waals surface area contributed by atoms with Crippen molar-refractivity contribution in [1.29, 1.82) is 0 Å². The monoisotopic (exact) mass is 215 g/mol. The van der Waals surface area contributed by atoms with Crippen LogP contribution in [0.1, 0.15) is 27.2 Å². The van der Waals surface area contributed by atoms with E-state index in [0.29, 0.717) is 13.0 Å². The van der Waals surface area contributed by atoms with E-state index in [1.165, 1.54) is 7.11 Å². The molecule has 1 rings (SSSR count). The summed E-state index contributed by atoms with van der Waals surface area (Å²) in [7, 11) is 1.37. The first-order valence-electron chi connectivity index (χ1n) is 5.37. The first-order valence-corrected chi connectivity index (χ1v) is 5.37. The molecule has 1 heterocycles. The maximum atomic E-state index is 11.4. The third-order valence-corrected chi connectivity index (χ3v) is 3.03. The Kier molecular flexibility index (Phi) is 3.73. The molecule has 0 saturated carbocycles. The minimum Gasteiger partial charge on any atom is -0.469 e. The highest BCUT2D eigenvalue weighted by atomic mass is 16.5. The van der Waals surface area contributed by atoms with E-state index in [2.05, 4.69) is 25.7 Å². The Morgan fingerprint density at radius 2 is 2.07 bits per heavy atom. The molecule has 0 aromatic rings. The van der Waals surface area contributed by atoms with Crippen LogP contribution in [0.3, 0.4) is 0 Å². The number of nitrogens with zero attached hydrogens (tertiary/aromatic N) is 1. The summed E-state index contributed by atoms with van der Waals surface area (Å²) < 4.78 is 4.70. The lowest BCUT2D eigenvalue weighted by Gasteiger charge is -2.42. The Morgan fingerprint density at radius 1 is 1.47 bits per heavy atom. The zero-order chi connectivity index (χ0) is 11.6. The average Bonchev–Trinajstić information content (AvgIpc) is 2.15. The number of aliphatic hydroxyl groups excluding tert-OH is 1. The molecule has 1 N–H and O–H groups in total. The summed E-state index contributed by atoms with van der Waals surface area (Å²) in [5, 5.41) is 9.73. The molecule has 15 heavy (non-hydrogen) atoms. The first-order chi connectivity index (χ1) is 6.86. The van der Waals surface area contributed by atoms with Gasteiger partial charge < -0.3 is 9.84 Å². The van der Waals surface area contributed by atoms with Gasteiger partial charge >= 0.3 is 5.97 Å². The van der Waals surface area contributed by atoms with Crippen molar-refractivity contribution in [2.45, 2.75) is 38.8 Å². The first kappa shape index (κ1) is 12.5. The summed E-state index contributed by atoms with van der Waals surface area (Å²) in [5.74, 6) is -0.709. The van der Waals surface area contributed by atoms with Crippen molar-refractivity contribution in [2.24, 2.45) is 5.92 Å². The Hall–Kier alpha value is -0.610. The summed E-state index contributed by atoms with van der Waals surface area (Å²) in [4.78, 5) is 13.7. The molecule has 1 saturated heterocycles. The van der Waals surface area contributed by atoms with Crippen LogP contribution in [-0.2, 0) is 9.53 Å². The number of piperidine rings is 1. The van der Waals surface area contributed by atoms with Crippen molar-refractivity contribution < 1.29 is 14.6 Å². The van der Waals surface area contributed by atoms with Crippen LogP contribution in [0.4, 0.5) is 0 Å². The topological polar surface area (TPSA) is 49.8 Å². The van der Waals surface area contributed by atoms with Crippen molar-refractivity contribution in [3.63, 3.8) is 0 Å². The van der Waals surface area contributed by atoms with Gasteiger partial charge in [0.1, 0.15) is 0 Å². The second-order valence-corrected chi connectivity index (χ2v) is 5.10. The summed E-state index contributed by atoms with van der Waals surface area (Å²) in [5.41, 5.74) is 0.0341. The molecule has 0 spiro atoms. The highest BCUT2D eigenvalue weighted by molar-refractivity contribution is 5.73. The summed E-state index contributed by atoms with van der Waals surface area (Å²) in [6, 6.07) is 0. The van der Waals surface area contributed by atoms with Crippen LogP contribution in [0.25, 0.3) is 0 Å². The number of hydrogen-bond donors (Lipinski definition) is 1. The van der Waals surface area contributed by atoms with Gasteiger partial charge in [-0.3, -0.25) is 9.69 Å². The zero-order valence-electron chi connectivity index (χ0n) is 9.99. The molecular formula is C11H21NO3. The van der Waals surface area contributed by atoms with E-state index in [9.17, 15) is 9.90 Å². The van der Waals surface area contributed by atoms with Gasteiger partial charge in [-0.1, -0.05) is 0 Å². The normalized spacial score (nSPS) is 28.9. The second kappa shape index (κ2) is 4.49. The molecule has 1 fully saturated rings. The third kappa shape index (κ3) is 2.92. The lowest BCUT2D eigenvalue weighted by Crippen LogP contribution is -2.53. The van der Waals surface area contributed by atoms with Gasteiger partial charge in [0.05, 0.1) is 19.1 Å². The van der Waals surface area contributed by atoms with Crippen LogP contribution in [-0.4, -0.2) is 47.8 Å². The van der Waals surface area contributed by atoms with E-state index in [4.69, 9.17) is 4.74 Å². The van der Waals surface area contributed by atoms with Gasteiger partial charge in [-0.2, -0.15) is 0 Å². The van der Waals surface area contributed by atoms with Gasteiger partial charge in [0.2, 0.25) is 0 Å². The predicted molar refractivity (Wildman–Crippen MR) is 57.5 cm³/mol. The zero-order valence-corrected chi connectivity index (χ0v) is 9.99. The number of aliphatic hydroxyl groups is 1. The Labute approximate surface area is 91.2 Å². The van der Waals surface area contributed by atoms with Crippen molar-refractivity contribution in [3.05, 3.63) is 0 Å². The molecule has 4 heteroatoms. The molecular weight excluding hydrogens is 194 g/mol. The Balaban J connectivity index is 2.68. The number of hydrogen-bond acceptors (Lipinski definition) is 4. The van der Waals surface area contributed by atoms with Gasteiger partial charge in [0.15, 0.2) is 0 Å². The number of rotatable bonds is 1. The maximum Gasteiger partial charge on any atom is 0.312 e. The maximum absolute atomic E-state index is 11.4. The van der Waals surface area contributed by atoms with Gasteiger partial charge in [-0.25, -0.2) is 0 Å². The molecule has 0 radical (unpaired) electrons. The lowest BCUT2D eigenvalue weighted by molar-refractivity contribution is -0.153. The molecule has 0 aromatic carbocycles. The molecule has 1 aliphatic heterocycles. The second-order valence-electron chi connectivity index (χ2n) is 5.10. The van der Waals surface area contributed by atoms with Gasteiger partial charge in [-0.05, 0) is 27.2 Å². The SMILES string of the molecule is COC(=O)[C@@H]1CN(C(C)(C)C)CC[C@H]1O. The largest absolute Gasteiger partial charge is 0.469 e. The minimum absolute atomic E-state index is 0.0341. The predicted octanol–water partition coefficient (Wildman–Crippen LogP) is 0.641. The third-order valence-electron chi connectivity index (χ3n) is 3.03. The fraction of sp³-hybridized carbons (Fsp3) is 0.909. The van der Waals surface area contributed by atoms with E-state index in [1.807, 2.05) is 0 Å². The summed E-state index contributed by atoms with van der Waals surface area (Å²) in [6.07, 6.45) is 0.0767. The standard InChI is InChI=1S/C11H21NO3/c1-11(2,3)12-6-5-9(13)8(7-12)10(14)15-4/h8-9,13H,5-7H2,1-4H3/t8-,9-/m1/s1. The number of carbonyl (C=O) groups is 1. The number of esters is 1. The molecule has 1 aliphatic rings. The van der Waals surface area contributed by atoms with Crippen LogP contribution in [0, 0.1) is 5.92 Å². The lowest BCUT2D eigenvalue weighted by atomic mass is 9.91. The fourth-order valence-corrected chi connectivity index (χ4v) is 1.93. The van der Waals surface area contributed by atoms with Crippen LogP contribution >= 0.6 is 0 Å². The molecule has 0 aliphatic carbocycles. The smallest absolute Gasteiger partial charge is 0.312 e. The van der Waals surface area contributed by atoms with Crippen LogP contribution in [0.5, 0.6) is 0 Å². The molecule has 2 atom stereocenters. The van der Waals surface area contributed by atoms with Crippen molar-refractivity contribution in [2.75, 3.05) is 20.2 Å². The van der Waals surface area contributed by atoms with Crippen LogP contribution < -0.4 is 0 Å². The van der Waals surface area contributed by atoms with Gasteiger partial charge in [0.25, 0.3) is 0 Å². The molecule has 0 aromatic heterocycles. The van der Waals surface area contributed by atoms with Crippen molar-refractivity contribution in [3.8, 4) is 0 Å². The Morgan fingerprint density at radius 3 is 2.53 bits per heavy atom. The Bertz CT molecular complexity index is 234. The highest BCUT2D eigenvalue weighted by Gasteiger charge is 2.37. The molecule has 0 amide bonds. The van der Waals surface area contributed by atoms with Crippen molar-refractivity contribution >= 4 is 5.97 Å². The number of likely N-dealkylation sites (tertiary alicyclic amines) is 1. The quantitative estimate of drug-likeness (QED) is 0.652. The molecule has 0 bridgehead atoms. The summed E-state index contributed by atoms with van der Waals surface area (Å²) in [6.45, 7) is 7.74. The summed E-state index contributed by atoms with van der Waals surface area (Å²) >= 11 is 0. The number of ether oxygens (including phenoxy) is 1. The average molecular weight is 215 g/mol. The van der Waals surface area contributed by atoms with E-state index in [1.54, 1.807) is 0 Å². The van der Waals surface area contributed by atoms with E-state index in [0.717, 1.165) is 6.54 Å². The van der Waals surface area contributed by atoms with Crippen LogP contribution in [0.2, 0.25) is 0 Å². The van der Waals surface area contributed by atoms with E-state index in [-0.39, 0.29) is 11.5 Å². The minimum atomic E-state index is -0.559. The molecule has 4 nitrogen and oxygen atoms in total. The van der Waals surface area contributed by atoms with Crippen molar-refractivity contribution in [1.82, 2.24) is 4.90 Å². The van der Waals surface area contributed by atoms with E-state index >= 15 is 0 Å². The fourth-order valence-electron chi connectivity index (χ4n) is 1.93. The number of methoxy groups -OCH3 is 1.